The van der Waals surface area contributed by atoms with Crippen LogP contribution < -0.4 is 5.32 Å². The first-order valence-corrected chi connectivity index (χ1v) is 5.66. The quantitative estimate of drug-likeness (QED) is 0.739. The maximum absolute atomic E-state index is 11.3. The summed E-state index contributed by atoms with van der Waals surface area (Å²) in [7, 11) is 0. The third-order valence-corrected chi connectivity index (χ3v) is 2.28. The van der Waals surface area contributed by atoms with Crippen molar-refractivity contribution in [2.45, 2.75) is 19.4 Å². The number of rotatable bonds is 7. The molecule has 1 aromatic rings. The molecule has 0 unspecified atom stereocenters. The van der Waals surface area contributed by atoms with E-state index in [-0.39, 0.29) is 12.2 Å². The molecule has 0 aliphatic carbocycles. The Bertz CT molecular complexity index is 348. The van der Waals surface area contributed by atoms with Crippen molar-refractivity contribution in [3.63, 3.8) is 0 Å². The zero-order valence-electron chi connectivity index (χ0n) is 9.21. The smallest absolute Gasteiger partial charge is 0.139 e. The number of nitrogens with one attached hydrogen (secondary N) is 1. The van der Waals surface area contributed by atoms with Crippen LogP contribution in [0.3, 0.4) is 0 Å². The number of hydrogen-bond donors (Lipinski definition) is 1. The minimum absolute atomic E-state index is 0.126. The molecule has 0 aliphatic heterocycles. The average Bonchev–Trinajstić information content (AvgIpc) is 2.25. The minimum Gasteiger partial charge on any atom is -0.312 e. The van der Waals surface area contributed by atoms with Crippen LogP contribution in [0.5, 0.6) is 0 Å². The molecule has 0 amide bonds. The molecule has 0 radical (unpaired) electrons. The fraction of sp³-hybridized carbons (Fsp3) is 0.308. The Balaban J connectivity index is 2.13. The van der Waals surface area contributed by atoms with Gasteiger partial charge >= 0.3 is 0 Å². The SMILES string of the molecule is C=C(Cl)CC(=O)CCNCc1ccccc1. The van der Waals surface area contributed by atoms with E-state index in [1.165, 1.54) is 5.56 Å². The third kappa shape index (κ3) is 5.69. The molecule has 1 aromatic carbocycles. The largest absolute Gasteiger partial charge is 0.312 e. The Kier molecular flexibility index (Phi) is 5.83. The van der Waals surface area contributed by atoms with Gasteiger partial charge in [-0.3, -0.25) is 4.79 Å². The summed E-state index contributed by atoms with van der Waals surface area (Å²) in [4.78, 5) is 11.3. The van der Waals surface area contributed by atoms with Crippen LogP contribution in [-0.2, 0) is 11.3 Å². The van der Waals surface area contributed by atoms with E-state index in [2.05, 4.69) is 24.0 Å². The van der Waals surface area contributed by atoms with Crippen molar-refractivity contribution in [3.05, 3.63) is 47.5 Å². The Hall–Kier alpha value is -1.12. The second kappa shape index (κ2) is 7.20. The molecule has 0 atom stereocenters. The molecule has 3 heteroatoms. The predicted octanol–water partition coefficient (Wildman–Crippen LogP) is 2.88. The van der Waals surface area contributed by atoms with Gasteiger partial charge in [0, 0.05) is 31.0 Å². The van der Waals surface area contributed by atoms with Crippen LogP contribution >= 0.6 is 11.6 Å². The summed E-state index contributed by atoms with van der Waals surface area (Å²) >= 11 is 5.55. The molecule has 2 nitrogen and oxygen atoms in total. The van der Waals surface area contributed by atoms with Gasteiger partial charge in [0.1, 0.15) is 5.78 Å². The van der Waals surface area contributed by atoms with Gasteiger partial charge in [-0.25, -0.2) is 0 Å². The van der Waals surface area contributed by atoms with Crippen molar-refractivity contribution >= 4 is 17.4 Å². The lowest BCUT2D eigenvalue weighted by atomic mass is 10.2. The lowest BCUT2D eigenvalue weighted by molar-refractivity contribution is -0.118. The predicted molar refractivity (Wildman–Crippen MR) is 67.4 cm³/mol. The zero-order valence-corrected chi connectivity index (χ0v) is 9.96. The highest BCUT2D eigenvalue weighted by molar-refractivity contribution is 6.30. The van der Waals surface area contributed by atoms with E-state index < -0.39 is 0 Å². The highest BCUT2D eigenvalue weighted by Crippen LogP contribution is 2.05. The van der Waals surface area contributed by atoms with Crippen molar-refractivity contribution < 1.29 is 4.79 Å². The molecule has 0 heterocycles. The van der Waals surface area contributed by atoms with Gasteiger partial charge < -0.3 is 5.32 Å². The molecule has 0 saturated heterocycles. The molecular formula is C13H16ClNO. The molecular weight excluding hydrogens is 222 g/mol. The van der Waals surface area contributed by atoms with E-state index in [0.717, 1.165) is 6.54 Å². The van der Waals surface area contributed by atoms with Gasteiger partial charge in [-0.05, 0) is 5.56 Å². The van der Waals surface area contributed by atoms with Crippen molar-refractivity contribution in [2.75, 3.05) is 6.54 Å². The van der Waals surface area contributed by atoms with Crippen LogP contribution in [0.4, 0.5) is 0 Å². The summed E-state index contributed by atoms with van der Waals surface area (Å²) in [6.45, 7) is 4.96. The Morgan fingerprint density at radius 3 is 2.62 bits per heavy atom. The number of benzene rings is 1. The highest BCUT2D eigenvalue weighted by Gasteiger charge is 2.02. The lowest BCUT2D eigenvalue weighted by Gasteiger charge is -2.04. The second-order valence-corrected chi connectivity index (χ2v) is 4.18. The normalized spacial score (nSPS) is 10.1. The minimum atomic E-state index is 0.126. The monoisotopic (exact) mass is 237 g/mol. The Morgan fingerprint density at radius 1 is 1.31 bits per heavy atom. The summed E-state index contributed by atoms with van der Waals surface area (Å²) in [6.07, 6.45) is 0.771. The fourth-order valence-corrected chi connectivity index (χ4v) is 1.51. The molecule has 1 rings (SSSR count). The average molecular weight is 238 g/mol. The summed E-state index contributed by atoms with van der Waals surface area (Å²) < 4.78 is 0. The first-order chi connectivity index (χ1) is 7.68. The van der Waals surface area contributed by atoms with Crippen LogP contribution in [0.2, 0.25) is 0 Å². The van der Waals surface area contributed by atoms with Crippen LogP contribution in [0.25, 0.3) is 0 Å². The van der Waals surface area contributed by atoms with Crippen molar-refractivity contribution in [2.24, 2.45) is 0 Å². The van der Waals surface area contributed by atoms with Crippen LogP contribution in [0.15, 0.2) is 41.9 Å². The first kappa shape index (κ1) is 12.9. The van der Waals surface area contributed by atoms with Gasteiger partial charge in [0.05, 0.1) is 0 Å². The third-order valence-electron chi connectivity index (χ3n) is 2.14. The van der Waals surface area contributed by atoms with Gasteiger partial charge in [-0.15, -0.1) is 0 Å². The molecule has 16 heavy (non-hydrogen) atoms. The van der Waals surface area contributed by atoms with Gasteiger partial charge in [-0.1, -0.05) is 48.5 Å². The zero-order chi connectivity index (χ0) is 11.8. The highest BCUT2D eigenvalue weighted by atomic mass is 35.5. The molecule has 0 saturated carbocycles. The van der Waals surface area contributed by atoms with Crippen LogP contribution in [-0.4, -0.2) is 12.3 Å². The summed E-state index contributed by atoms with van der Waals surface area (Å²) in [5.74, 6) is 0.126. The number of allylic oxidation sites excluding steroid dienone is 1. The van der Waals surface area contributed by atoms with Crippen LogP contribution in [0.1, 0.15) is 18.4 Å². The molecule has 0 spiro atoms. The Morgan fingerprint density at radius 2 is 2.00 bits per heavy atom. The van der Waals surface area contributed by atoms with Crippen molar-refractivity contribution in [3.8, 4) is 0 Å². The standard InChI is InChI=1S/C13H16ClNO/c1-11(14)9-13(16)7-8-15-10-12-5-3-2-4-6-12/h2-6,15H,1,7-10H2. The second-order valence-electron chi connectivity index (χ2n) is 3.65. The maximum Gasteiger partial charge on any atom is 0.139 e. The lowest BCUT2D eigenvalue weighted by Crippen LogP contribution is -2.17. The number of carbonyl (C=O) groups is 1. The van der Waals surface area contributed by atoms with Gasteiger partial charge in [0.25, 0.3) is 0 Å². The molecule has 0 fully saturated rings. The molecule has 0 bridgehead atoms. The van der Waals surface area contributed by atoms with Gasteiger partial charge in [-0.2, -0.15) is 0 Å². The van der Waals surface area contributed by atoms with Crippen LogP contribution in [0, 0.1) is 0 Å². The summed E-state index contributed by atoms with van der Waals surface area (Å²) in [5, 5.41) is 3.62. The van der Waals surface area contributed by atoms with Gasteiger partial charge in [0.2, 0.25) is 0 Å². The molecule has 86 valence electrons. The van der Waals surface area contributed by atoms with E-state index in [1.807, 2.05) is 18.2 Å². The number of carbonyl (C=O) groups excluding carboxylic acids is 1. The molecule has 0 aliphatic rings. The number of hydrogen-bond acceptors (Lipinski definition) is 2. The number of ketones is 1. The summed E-state index contributed by atoms with van der Waals surface area (Å²) in [5.41, 5.74) is 1.22. The summed E-state index contributed by atoms with van der Waals surface area (Å²) in [6, 6.07) is 10.1. The van der Waals surface area contributed by atoms with Crippen molar-refractivity contribution in [1.82, 2.24) is 5.32 Å². The van der Waals surface area contributed by atoms with E-state index >= 15 is 0 Å². The van der Waals surface area contributed by atoms with E-state index in [1.54, 1.807) is 0 Å². The first-order valence-electron chi connectivity index (χ1n) is 5.28. The van der Waals surface area contributed by atoms with Crippen molar-refractivity contribution in [1.29, 1.82) is 0 Å². The fourth-order valence-electron chi connectivity index (χ4n) is 1.36. The van der Waals surface area contributed by atoms with E-state index in [4.69, 9.17) is 11.6 Å². The molecule has 1 N–H and O–H groups in total. The number of halogens is 1. The van der Waals surface area contributed by atoms with Gasteiger partial charge in [0.15, 0.2) is 0 Å². The van der Waals surface area contributed by atoms with E-state index in [9.17, 15) is 4.79 Å². The number of Topliss-reactive ketones (excluding diaryl/α,β-unsaturated/α-hetero) is 1. The topological polar surface area (TPSA) is 29.1 Å². The van der Waals surface area contributed by atoms with E-state index in [0.29, 0.717) is 18.0 Å². The molecule has 0 aromatic heterocycles. The Labute approximate surface area is 101 Å². The maximum atomic E-state index is 11.3.